The summed E-state index contributed by atoms with van der Waals surface area (Å²) < 4.78 is 5.03. The number of carbonyl (C=O) groups is 1. The number of hydrogen-bond donors (Lipinski definition) is 1. The fourth-order valence-electron chi connectivity index (χ4n) is 2.62. The standard InChI is InChI=1S/C20H17NO3/c1-13(11-14-7-8-19(24-2)18(22)12-14)20(23)16-9-10-21-17-6-4-3-5-15(16)17/h3-12,22H,1-2H3/b13-11+. The minimum Gasteiger partial charge on any atom is -0.504 e. The number of nitrogens with zero attached hydrogens (tertiary/aromatic N) is 1. The van der Waals surface area contributed by atoms with Crippen LogP contribution in [0.25, 0.3) is 17.0 Å². The highest BCUT2D eigenvalue weighted by Crippen LogP contribution is 2.28. The maximum absolute atomic E-state index is 12.8. The van der Waals surface area contributed by atoms with Crippen LogP contribution in [0.2, 0.25) is 0 Å². The van der Waals surface area contributed by atoms with E-state index in [0.717, 1.165) is 16.5 Å². The molecule has 3 rings (SSSR count). The number of carbonyl (C=O) groups excluding carboxylic acids is 1. The van der Waals surface area contributed by atoms with E-state index in [1.807, 2.05) is 24.3 Å². The maximum Gasteiger partial charge on any atom is 0.189 e. The molecule has 0 aliphatic rings. The molecule has 4 nitrogen and oxygen atoms in total. The van der Waals surface area contributed by atoms with Gasteiger partial charge in [-0.05, 0) is 48.4 Å². The van der Waals surface area contributed by atoms with Crippen molar-refractivity contribution in [1.82, 2.24) is 4.98 Å². The number of aromatic hydroxyl groups is 1. The number of aromatic nitrogens is 1. The Labute approximate surface area is 140 Å². The Morgan fingerprint density at radius 2 is 1.96 bits per heavy atom. The number of phenolic OH excluding ortho intramolecular Hbond substituents is 1. The zero-order valence-electron chi connectivity index (χ0n) is 13.5. The van der Waals surface area contributed by atoms with Crippen molar-refractivity contribution in [1.29, 1.82) is 0 Å². The maximum atomic E-state index is 12.8. The largest absolute Gasteiger partial charge is 0.504 e. The second kappa shape index (κ2) is 6.54. The topological polar surface area (TPSA) is 59.4 Å². The molecule has 0 atom stereocenters. The van der Waals surface area contributed by atoms with Crippen molar-refractivity contribution >= 4 is 22.8 Å². The van der Waals surface area contributed by atoms with Gasteiger partial charge in [0.25, 0.3) is 0 Å². The Morgan fingerprint density at radius 1 is 1.17 bits per heavy atom. The molecule has 3 aromatic rings. The molecule has 0 unspecified atom stereocenters. The summed E-state index contributed by atoms with van der Waals surface area (Å²) in [6, 6.07) is 14.3. The van der Waals surface area contributed by atoms with Gasteiger partial charge in [-0.15, -0.1) is 0 Å². The van der Waals surface area contributed by atoms with Crippen molar-refractivity contribution in [3.05, 3.63) is 71.4 Å². The number of ketones is 1. The highest BCUT2D eigenvalue weighted by Gasteiger charge is 2.12. The van der Waals surface area contributed by atoms with Gasteiger partial charge >= 0.3 is 0 Å². The lowest BCUT2D eigenvalue weighted by atomic mass is 9.99. The van der Waals surface area contributed by atoms with Gasteiger partial charge in [0.1, 0.15) is 0 Å². The molecule has 1 N–H and O–H groups in total. The highest BCUT2D eigenvalue weighted by atomic mass is 16.5. The first-order valence-corrected chi connectivity index (χ1v) is 7.54. The zero-order chi connectivity index (χ0) is 17.1. The molecule has 4 heteroatoms. The predicted molar refractivity (Wildman–Crippen MR) is 94.4 cm³/mol. The summed E-state index contributed by atoms with van der Waals surface area (Å²) in [6.45, 7) is 1.76. The third kappa shape index (κ3) is 2.99. The van der Waals surface area contributed by atoms with Gasteiger partial charge in [0.15, 0.2) is 17.3 Å². The first kappa shape index (κ1) is 15.7. The van der Waals surface area contributed by atoms with Gasteiger partial charge in [0, 0.05) is 17.1 Å². The van der Waals surface area contributed by atoms with Crippen LogP contribution in [-0.2, 0) is 0 Å². The van der Waals surface area contributed by atoms with Crippen LogP contribution in [0.3, 0.4) is 0 Å². The number of ether oxygens (including phenoxy) is 1. The average molecular weight is 319 g/mol. The average Bonchev–Trinajstić information content (AvgIpc) is 2.60. The van der Waals surface area contributed by atoms with Crippen LogP contribution in [-0.4, -0.2) is 23.0 Å². The SMILES string of the molecule is COc1ccc(/C=C(\C)C(=O)c2ccnc3ccccc23)cc1O. The number of methoxy groups -OCH3 is 1. The van der Waals surface area contributed by atoms with Crippen LogP contribution < -0.4 is 4.74 Å². The molecule has 0 radical (unpaired) electrons. The van der Waals surface area contributed by atoms with E-state index in [1.54, 1.807) is 43.5 Å². The molecule has 0 amide bonds. The van der Waals surface area contributed by atoms with Crippen molar-refractivity contribution in [2.24, 2.45) is 0 Å². The van der Waals surface area contributed by atoms with E-state index >= 15 is 0 Å². The Bertz CT molecular complexity index is 939. The quantitative estimate of drug-likeness (QED) is 0.577. The van der Waals surface area contributed by atoms with Gasteiger partial charge in [0.05, 0.1) is 12.6 Å². The van der Waals surface area contributed by atoms with Crippen LogP contribution in [0.4, 0.5) is 0 Å². The van der Waals surface area contributed by atoms with Crippen molar-refractivity contribution in [2.45, 2.75) is 6.92 Å². The molecular weight excluding hydrogens is 302 g/mol. The van der Waals surface area contributed by atoms with E-state index in [4.69, 9.17) is 4.74 Å². The first-order chi connectivity index (χ1) is 11.6. The van der Waals surface area contributed by atoms with Gasteiger partial charge in [-0.3, -0.25) is 9.78 Å². The van der Waals surface area contributed by atoms with Gasteiger partial charge in [0.2, 0.25) is 0 Å². The van der Waals surface area contributed by atoms with Crippen molar-refractivity contribution < 1.29 is 14.6 Å². The second-order valence-electron chi connectivity index (χ2n) is 5.46. The summed E-state index contributed by atoms with van der Waals surface area (Å²) in [7, 11) is 1.49. The minimum atomic E-state index is -0.0658. The number of phenols is 1. The van der Waals surface area contributed by atoms with Crippen molar-refractivity contribution in [3.8, 4) is 11.5 Å². The van der Waals surface area contributed by atoms with E-state index in [2.05, 4.69) is 4.98 Å². The summed E-state index contributed by atoms with van der Waals surface area (Å²) in [5.74, 6) is 0.376. The lowest BCUT2D eigenvalue weighted by Crippen LogP contribution is -2.02. The molecule has 0 aliphatic carbocycles. The second-order valence-corrected chi connectivity index (χ2v) is 5.46. The summed E-state index contributed by atoms with van der Waals surface area (Å²) in [5.41, 5.74) is 2.72. The lowest BCUT2D eigenvalue weighted by Gasteiger charge is -2.07. The monoisotopic (exact) mass is 319 g/mol. The molecule has 0 saturated carbocycles. The molecule has 0 saturated heterocycles. The molecule has 0 spiro atoms. The molecule has 0 bridgehead atoms. The van der Waals surface area contributed by atoms with E-state index < -0.39 is 0 Å². The number of pyridine rings is 1. The number of rotatable bonds is 4. The molecule has 1 heterocycles. The number of para-hydroxylation sites is 1. The van der Waals surface area contributed by atoms with E-state index in [9.17, 15) is 9.90 Å². The Hall–Kier alpha value is -3.14. The number of allylic oxidation sites excluding steroid dienone is 1. The predicted octanol–water partition coefficient (Wildman–Crippen LogP) is 4.24. The Morgan fingerprint density at radius 3 is 2.71 bits per heavy atom. The summed E-state index contributed by atoms with van der Waals surface area (Å²) in [6.07, 6.45) is 3.39. The normalized spacial score (nSPS) is 11.5. The summed E-state index contributed by atoms with van der Waals surface area (Å²) in [4.78, 5) is 17.1. The molecular formula is C20H17NO3. The van der Waals surface area contributed by atoms with E-state index in [1.165, 1.54) is 7.11 Å². The van der Waals surface area contributed by atoms with Crippen molar-refractivity contribution in [2.75, 3.05) is 7.11 Å². The molecule has 0 aliphatic heterocycles. The number of fused-ring (bicyclic) bond motifs is 1. The first-order valence-electron chi connectivity index (χ1n) is 7.54. The van der Waals surface area contributed by atoms with Crippen LogP contribution in [0.5, 0.6) is 11.5 Å². The van der Waals surface area contributed by atoms with E-state index in [0.29, 0.717) is 16.9 Å². The molecule has 120 valence electrons. The number of benzene rings is 2. The number of hydrogen-bond acceptors (Lipinski definition) is 4. The minimum absolute atomic E-state index is 0.0425. The number of Topliss-reactive ketones (excluding diaryl/α,β-unsaturated/α-hetero) is 1. The smallest absolute Gasteiger partial charge is 0.189 e. The lowest BCUT2D eigenvalue weighted by molar-refractivity contribution is 0.103. The van der Waals surface area contributed by atoms with Gasteiger partial charge in [-0.25, -0.2) is 0 Å². The van der Waals surface area contributed by atoms with E-state index in [-0.39, 0.29) is 11.5 Å². The van der Waals surface area contributed by atoms with Crippen molar-refractivity contribution in [3.63, 3.8) is 0 Å². The third-order valence-corrected chi connectivity index (χ3v) is 3.84. The van der Waals surface area contributed by atoms with Crippen LogP contribution >= 0.6 is 0 Å². The van der Waals surface area contributed by atoms with Gasteiger partial charge in [-0.1, -0.05) is 24.3 Å². The molecule has 0 fully saturated rings. The Kier molecular flexibility index (Phi) is 4.29. The summed E-state index contributed by atoms with van der Waals surface area (Å²) in [5, 5.41) is 10.7. The van der Waals surface area contributed by atoms with Gasteiger partial charge < -0.3 is 9.84 Å². The highest BCUT2D eigenvalue weighted by molar-refractivity contribution is 6.17. The fraction of sp³-hybridized carbons (Fsp3) is 0.100. The molecule has 24 heavy (non-hydrogen) atoms. The van der Waals surface area contributed by atoms with Crippen LogP contribution in [0.15, 0.2) is 60.3 Å². The van der Waals surface area contributed by atoms with Crippen LogP contribution in [0.1, 0.15) is 22.8 Å². The third-order valence-electron chi connectivity index (χ3n) is 3.84. The summed E-state index contributed by atoms with van der Waals surface area (Å²) >= 11 is 0. The van der Waals surface area contributed by atoms with Gasteiger partial charge in [-0.2, -0.15) is 0 Å². The molecule has 1 aromatic heterocycles. The Balaban J connectivity index is 1.98. The zero-order valence-corrected chi connectivity index (χ0v) is 13.5. The fourth-order valence-corrected chi connectivity index (χ4v) is 2.62. The van der Waals surface area contributed by atoms with Crippen LogP contribution in [0, 0.1) is 0 Å². The molecule has 2 aromatic carbocycles.